The summed E-state index contributed by atoms with van der Waals surface area (Å²) < 4.78 is 5.13. The Morgan fingerprint density at radius 3 is 2.29 bits per heavy atom. The Morgan fingerprint density at radius 1 is 1.02 bits per heavy atom. The second-order valence-electron chi connectivity index (χ2n) is 10.2. The highest BCUT2D eigenvalue weighted by Crippen LogP contribution is 2.38. The first-order chi connectivity index (χ1) is 19.7. The van der Waals surface area contributed by atoms with E-state index in [-0.39, 0.29) is 26.7 Å². The Hall–Kier alpha value is -3.88. The minimum Gasteiger partial charge on any atom is -0.357 e. The monoisotopic (exact) mass is 588 g/mol. The van der Waals surface area contributed by atoms with Crippen LogP contribution in [0.25, 0.3) is 11.8 Å². The van der Waals surface area contributed by atoms with Gasteiger partial charge < -0.3 is 4.90 Å². The fourth-order valence-electron chi connectivity index (χ4n) is 5.66. The molecule has 41 heavy (non-hydrogen) atoms. The van der Waals surface area contributed by atoms with Crippen molar-refractivity contribution in [2.24, 2.45) is 7.05 Å². The number of carbonyl (C=O) groups excluding carboxylic acids is 1. The Bertz CT molecular complexity index is 1730. The maximum atomic E-state index is 14.0. The van der Waals surface area contributed by atoms with Crippen LogP contribution < -0.4 is 20.9 Å². The van der Waals surface area contributed by atoms with Crippen LogP contribution in [-0.4, -0.2) is 37.2 Å². The highest BCUT2D eigenvalue weighted by atomic mass is 32.2. The molecule has 0 bridgehead atoms. The van der Waals surface area contributed by atoms with Gasteiger partial charge in [-0.15, -0.1) is 0 Å². The van der Waals surface area contributed by atoms with Crippen molar-refractivity contribution >= 4 is 51.8 Å². The molecule has 0 saturated carbocycles. The molecule has 2 aliphatic rings. The van der Waals surface area contributed by atoms with Crippen molar-refractivity contribution < 1.29 is 4.79 Å². The number of nitriles is 1. The summed E-state index contributed by atoms with van der Waals surface area (Å²) in [5.74, 6) is 0.323. The number of rotatable bonds is 5. The molecule has 1 amide bonds. The number of nitrogens with zero attached hydrogens (tertiary/aromatic N) is 6. The molecule has 0 aliphatic carbocycles. The molecule has 3 aromatic rings. The summed E-state index contributed by atoms with van der Waals surface area (Å²) in [6.45, 7) is 7.40. The molecule has 2 saturated heterocycles. The number of aromatic nitrogens is 3. The van der Waals surface area contributed by atoms with Crippen molar-refractivity contribution in [3.8, 4) is 11.8 Å². The van der Waals surface area contributed by atoms with Crippen LogP contribution >= 0.6 is 24.0 Å². The molecular formula is C30H32N6O3S2. The third kappa shape index (κ3) is 4.85. The fourth-order valence-corrected chi connectivity index (χ4v) is 6.92. The molecule has 2 aliphatic heterocycles. The fraction of sp³-hybridized carbons (Fsp3) is 0.367. The first-order valence-corrected chi connectivity index (χ1v) is 15.0. The number of benzene rings is 1. The highest BCUT2D eigenvalue weighted by Gasteiger charge is 2.38. The van der Waals surface area contributed by atoms with Crippen LogP contribution in [0, 0.1) is 25.2 Å². The second-order valence-corrected chi connectivity index (χ2v) is 11.9. The van der Waals surface area contributed by atoms with Gasteiger partial charge in [-0.1, -0.05) is 55.0 Å². The molecule has 0 radical (unpaired) electrons. The van der Waals surface area contributed by atoms with E-state index in [0.717, 1.165) is 56.4 Å². The van der Waals surface area contributed by atoms with Crippen molar-refractivity contribution in [1.29, 1.82) is 5.26 Å². The van der Waals surface area contributed by atoms with Gasteiger partial charge in [-0.2, -0.15) is 5.26 Å². The van der Waals surface area contributed by atoms with Crippen LogP contribution in [0.15, 0.2) is 44.8 Å². The van der Waals surface area contributed by atoms with Crippen LogP contribution in [0.5, 0.6) is 0 Å². The van der Waals surface area contributed by atoms with Crippen LogP contribution in [0.1, 0.15) is 55.0 Å². The lowest BCUT2D eigenvalue weighted by molar-refractivity contribution is -0.113. The van der Waals surface area contributed by atoms with Gasteiger partial charge in [0.2, 0.25) is 0 Å². The van der Waals surface area contributed by atoms with Crippen LogP contribution in [0.4, 0.5) is 11.5 Å². The summed E-state index contributed by atoms with van der Waals surface area (Å²) >= 11 is 6.78. The van der Waals surface area contributed by atoms with E-state index in [0.29, 0.717) is 34.0 Å². The maximum Gasteiger partial charge on any atom is 0.296 e. The van der Waals surface area contributed by atoms with E-state index < -0.39 is 5.91 Å². The molecule has 2 fully saturated rings. The third-order valence-corrected chi connectivity index (χ3v) is 9.19. The van der Waals surface area contributed by atoms with Crippen LogP contribution in [0.3, 0.4) is 0 Å². The van der Waals surface area contributed by atoms with E-state index in [1.807, 2.05) is 37.3 Å². The summed E-state index contributed by atoms with van der Waals surface area (Å²) in [5.41, 5.74) is 2.09. The lowest BCUT2D eigenvalue weighted by Crippen LogP contribution is -2.35. The van der Waals surface area contributed by atoms with Crippen molar-refractivity contribution in [3.63, 3.8) is 0 Å². The summed E-state index contributed by atoms with van der Waals surface area (Å²) in [6, 6.07) is 11.3. The smallest absolute Gasteiger partial charge is 0.296 e. The summed E-state index contributed by atoms with van der Waals surface area (Å²) in [6.07, 6.45) is 5.98. The number of thioether (sulfide) groups is 1. The molecular weight excluding hydrogens is 557 g/mol. The first kappa shape index (κ1) is 28.6. The van der Waals surface area contributed by atoms with Gasteiger partial charge in [0.25, 0.3) is 17.0 Å². The van der Waals surface area contributed by atoms with Crippen LogP contribution in [0.2, 0.25) is 0 Å². The van der Waals surface area contributed by atoms with Crippen molar-refractivity contribution in [2.45, 2.75) is 53.0 Å². The van der Waals surface area contributed by atoms with Crippen molar-refractivity contribution in [2.75, 3.05) is 22.9 Å². The SMILES string of the molecule is CCn1c(N2CCCCCC2)c(/C=C2/SC(=S)N(c3c(C)n(C)n(-c4ccccc4)c3=O)C2=O)c(C)c(C#N)c1=O. The van der Waals surface area contributed by atoms with Crippen LogP contribution in [-0.2, 0) is 18.4 Å². The molecule has 5 rings (SSSR count). The van der Waals surface area contributed by atoms with Gasteiger partial charge in [0.15, 0.2) is 4.32 Å². The van der Waals surface area contributed by atoms with E-state index in [4.69, 9.17) is 12.2 Å². The Kier molecular flexibility index (Phi) is 8.07. The Morgan fingerprint density at radius 2 is 1.68 bits per heavy atom. The van der Waals surface area contributed by atoms with E-state index >= 15 is 0 Å². The minimum absolute atomic E-state index is 0.0665. The van der Waals surface area contributed by atoms with Gasteiger partial charge in [-0.3, -0.25) is 28.5 Å². The summed E-state index contributed by atoms with van der Waals surface area (Å²) in [4.78, 5) is 44.8. The Labute approximate surface area is 248 Å². The maximum absolute atomic E-state index is 14.0. The predicted molar refractivity (Wildman–Crippen MR) is 168 cm³/mol. The molecule has 212 valence electrons. The number of hydrogen-bond donors (Lipinski definition) is 0. The minimum atomic E-state index is -0.403. The third-order valence-electron chi connectivity index (χ3n) is 7.88. The number of hydrogen-bond acceptors (Lipinski definition) is 7. The van der Waals surface area contributed by atoms with E-state index in [9.17, 15) is 19.6 Å². The van der Waals surface area contributed by atoms with E-state index in [1.54, 1.807) is 36.2 Å². The largest absolute Gasteiger partial charge is 0.357 e. The molecule has 0 N–H and O–H groups in total. The summed E-state index contributed by atoms with van der Waals surface area (Å²) in [5, 5.41) is 9.88. The molecule has 0 spiro atoms. The lowest BCUT2D eigenvalue weighted by Gasteiger charge is -2.29. The number of thiocarbonyl (C=S) groups is 1. The van der Waals surface area contributed by atoms with Gasteiger partial charge in [0.05, 0.1) is 16.3 Å². The average Bonchev–Trinajstić information content (AvgIpc) is 3.20. The summed E-state index contributed by atoms with van der Waals surface area (Å²) in [7, 11) is 1.77. The number of pyridine rings is 1. The van der Waals surface area contributed by atoms with Crippen molar-refractivity contribution in [1.82, 2.24) is 13.9 Å². The molecule has 0 atom stereocenters. The quantitative estimate of drug-likeness (QED) is 0.317. The molecule has 1 aromatic carbocycles. The van der Waals surface area contributed by atoms with E-state index in [1.165, 1.54) is 9.58 Å². The van der Waals surface area contributed by atoms with E-state index in [2.05, 4.69) is 11.0 Å². The number of anilines is 2. The first-order valence-electron chi connectivity index (χ1n) is 13.8. The number of amides is 1. The topological polar surface area (TPSA) is 96.3 Å². The highest BCUT2D eigenvalue weighted by molar-refractivity contribution is 8.27. The average molecular weight is 589 g/mol. The van der Waals surface area contributed by atoms with Crippen molar-refractivity contribution in [3.05, 3.63) is 78.3 Å². The molecule has 4 heterocycles. The Balaban J connectivity index is 1.66. The van der Waals surface area contributed by atoms with Gasteiger partial charge in [-0.05, 0) is 57.4 Å². The molecule has 0 unspecified atom stereocenters. The standard InChI is InChI=1S/C30H32N6O3S2/c1-5-34-26(33-15-11-6-7-12-16-33)22(19(2)23(18-31)27(34)37)17-24-28(38)35(30(40)41-24)25-20(3)32(4)36(29(25)39)21-13-9-8-10-14-21/h8-10,13-14,17H,5-7,11-12,15-16H2,1-4H3/b24-17+. The zero-order valence-corrected chi connectivity index (χ0v) is 25.3. The second kappa shape index (κ2) is 11.5. The lowest BCUT2D eigenvalue weighted by atomic mass is 10.0. The molecule has 2 aromatic heterocycles. The molecule has 9 nitrogen and oxygen atoms in total. The predicted octanol–water partition coefficient (Wildman–Crippen LogP) is 4.63. The van der Waals surface area contributed by atoms with Gasteiger partial charge >= 0.3 is 0 Å². The van der Waals surface area contributed by atoms with Gasteiger partial charge in [0.1, 0.15) is 23.1 Å². The normalized spacial score (nSPS) is 16.9. The number of carbonyl (C=O) groups is 1. The van der Waals surface area contributed by atoms with Gasteiger partial charge in [0, 0.05) is 32.2 Å². The molecule has 11 heteroatoms. The number of para-hydroxylation sites is 1. The zero-order chi connectivity index (χ0) is 29.4. The zero-order valence-electron chi connectivity index (χ0n) is 23.6. The van der Waals surface area contributed by atoms with Gasteiger partial charge in [-0.25, -0.2) is 4.68 Å².